The van der Waals surface area contributed by atoms with E-state index in [1.807, 2.05) is 35.2 Å². The van der Waals surface area contributed by atoms with Gasteiger partial charge in [0, 0.05) is 38.4 Å². The number of nitrogens with zero attached hydrogens (tertiary/aromatic N) is 3. The van der Waals surface area contributed by atoms with Gasteiger partial charge in [-0.2, -0.15) is 0 Å². The molecule has 1 fully saturated rings. The maximum absolute atomic E-state index is 13.2. The minimum Gasteiger partial charge on any atom is -0.467 e. The minimum absolute atomic E-state index is 0.139. The van der Waals surface area contributed by atoms with E-state index < -0.39 is 0 Å². The van der Waals surface area contributed by atoms with Gasteiger partial charge in [0.25, 0.3) is 0 Å². The Bertz CT molecular complexity index is 932. The molecule has 1 saturated heterocycles. The number of carbonyl (C=O) groups excluding carboxylic acids is 1. The lowest BCUT2D eigenvalue weighted by Gasteiger charge is -2.37. The van der Waals surface area contributed by atoms with E-state index in [2.05, 4.69) is 53.1 Å². The van der Waals surface area contributed by atoms with Gasteiger partial charge in [-0.3, -0.25) is 9.69 Å². The molecule has 0 saturated carbocycles. The summed E-state index contributed by atoms with van der Waals surface area (Å²) in [5.41, 5.74) is 3.73. The van der Waals surface area contributed by atoms with Gasteiger partial charge >= 0.3 is 0 Å². The fraction of sp³-hybridized carbons (Fsp3) is 0.320. The lowest BCUT2D eigenvalue weighted by molar-refractivity contribution is -0.134. The topological polar surface area (TPSA) is 39.9 Å². The molecular weight excluding hydrogens is 374 g/mol. The maximum atomic E-state index is 13.2. The molecule has 4 rings (SSSR count). The molecule has 0 radical (unpaired) electrons. The van der Waals surface area contributed by atoms with Gasteiger partial charge in [0.05, 0.1) is 19.4 Å². The molecule has 2 heterocycles. The highest BCUT2D eigenvalue weighted by Crippen LogP contribution is 2.21. The number of piperazine rings is 1. The van der Waals surface area contributed by atoms with Gasteiger partial charge in [-0.25, -0.2) is 0 Å². The fourth-order valence-corrected chi connectivity index (χ4v) is 3.98. The van der Waals surface area contributed by atoms with Crippen LogP contribution in [0.25, 0.3) is 0 Å². The lowest BCUT2D eigenvalue weighted by Crippen LogP contribution is -2.50. The van der Waals surface area contributed by atoms with E-state index in [-0.39, 0.29) is 5.91 Å². The van der Waals surface area contributed by atoms with Crippen molar-refractivity contribution in [3.8, 4) is 0 Å². The van der Waals surface area contributed by atoms with Crippen LogP contribution >= 0.6 is 0 Å². The van der Waals surface area contributed by atoms with Crippen molar-refractivity contribution in [2.24, 2.45) is 0 Å². The van der Waals surface area contributed by atoms with Gasteiger partial charge in [-0.15, -0.1) is 0 Å². The third-order valence-corrected chi connectivity index (χ3v) is 5.68. The molecule has 0 unspecified atom stereocenters. The lowest BCUT2D eigenvalue weighted by atomic mass is 10.1. The highest BCUT2D eigenvalue weighted by molar-refractivity contribution is 5.78. The number of para-hydroxylation sites is 1. The molecule has 0 aliphatic carbocycles. The van der Waals surface area contributed by atoms with Crippen molar-refractivity contribution >= 4 is 11.6 Å². The van der Waals surface area contributed by atoms with Gasteiger partial charge in [0.1, 0.15) is 5.76 Å². The maximum Gasteiger partial charge on any atom is 0.237 e. The Kier molecular flexibility index (Phi) is 6.50. The van der Waals surface area contributed by atoms with Crippen LogP contribution in [-0.2, 0) is 17.9 Å². The van der Waals surface area contributed by atoms with Crippen molar-refractivity contribution < 1.29 is 9.21 Å². The summed E-state index contributed by atoms with van der Waals surface area (Å²) in [6.07, 6.45) is 1.66. The number of hydrogen-bond donors (Lipinski definition) is 0. The Hall–Kier alpha value is -3.05. The molecule has 0 atom stereocenters. The Labute approximate surface area is 178 Å². The molecule has 0 spiro atoms. The normalized spacial score (nSPS) is 14.6. The molecule has 1 aromatic heterocycles. The minimum atomic E-state index is 0.139. The number of carbonyl (C=O) groups is 1. The van der Waals surface area contributed by atoms with E-state index in [0.717, 1.165) is 37.5 Å². The zero-order valence-corrected chi connectivity index (χ0v) is 17.5. The summed E-state index contributed by atoms with van der Waals surface area (Å²) in [4.78, 5) is 19.7. The van der Waals surface area contributed by atoms with Crippen LogP contribution in [0.3, 0.4) is 0 Å². The second kappa shape index (κ2) is 9.63. The summed E-state index contributed by atoms with van der Waals surface area (Å²) in [5.74, 6) is 0.947. The van der Waals surface area contributed by atoms with Crippen LogP contribution < -0.4 is 4.90 Å². The number of benzene rings is 2. The molecule has 5 heteroatoms. The fourth-order valence-electron chi connectivity index (χ4n) is 3.98. The Morgan fingerprint density at radius 1 is 0.900 bits per heavy atom. The van der Waals surface area contributed by atoms with Gasteiger partial charge in [-0.05, 0) is 36.2 Å². The molecule has 2 aromatic carbocycles. The first-order chi connectivity index (χ1) is 14.7. The average Bonchev–Trinajstić information content (AvgIpc) is 3.28. The standard InChI is InChI=1S/C25H29N3O2/c1-21-8-5-6-12-24(21)27-15-13-26(14-16-27)20-25(29)28(19-23-11-7-17-30-23)18-22-9-3-2-4-10-22/h2-12,17H,13-16,18-20H2,1H3. The zero-order chi connectivity index (χ0) is 20.8. The summed E-state index contributed by atoms with van der Waals surface area (Å²) in [5, 5.41) is 0. The molecule has 3 aromatic rings. The van der Waals surface area contributed by atoms with Crippen LogP contribution in [0.1, 0.15) is 16.9 Å². The average molecular weight is 404 g/mol. The molecule has 1 aliphatic heterocycles. The molecule has 1 amide bonds. The number of anilines is 1. The Morgan fingerprint density at radius 3 is 2.33 bits per heavy atom. The van der Waals surface area contributed by atoms with E-state index >= 15 is 0 Å². The molecule has 156 valence electrons. The molecule has 0 bridgehead atoms. The van der Waals surface area contributed by atoms with Crippen molar-refractivity contribution in [1.29, 1.82) is 0 Å². The van der Waals surface area contributed by atoms with Crippen molar-refractivity contribution in [2.75, 3.05) is 37.6 Å². The largest absolute Gasteiger partial charge is 0.467 e. The summed E-state index contributed by atoms with van der Waals surface area (Å²) < 4.78 is 5.50. The summed E-state index contributed by atoms with van der Waals surface area (Å²) in [6, 6.07) is 22.4. The Morgan fingerprint density at radius 2 is 1.63 bits per heavy atom. The van der Waals surface area contributed by atoms with Gasteiger partial charge in [0.2, 0.25) is 5.91 Å². The van der Waals surface area contributed by atoms with E-state index in [1.165, 1.54) is 11.3 Å². The number of hydrogen-bond acceptors (Lipinski definition) is 4. The Balaban J connectivity index is 1.37. The van der Waals surface area contributed by atoms with E-state index in [1.54, 1.807) is 6.26 Å². The summed E-state index contributed by atoms with van der Waals surface area (Å²) in [7, 11) is 0. The van der Waals surface area contributed by atoms with E-state index in [9.17, 15) is 4.79 Å². The predicted molar refractivity (Wildman–Crippen MR) is 119 cm³/mol. The first-order valence-corrected chi connectivity index (χ1v) is 10.6. The highest BCUT2D eigenvalue weighted by atomic mass is 16.3. The van der Waals surface area contributed by atoms with Gasteiger partial charge in [0.15, 0.2) is 0 Å². The van der Waals surface area contributed by atoms with E-state index in [4.69, 9.17) is 4.42 Å². The third kappa shape index (κ3) is 5.10. The van der Waals surface area contributed by atoms with Gasteiger partial charge < -0.3 is 14.2 Å². The molecule has 30 heavy (non-hydrogen) atoms. The number of rotatable bonds is 7. The second-order valence-electron chi connectivity index (χ2n) is 7.86. The van der Waals surface area contributed by atoms with Crippen LogP contribution in [0, 0.1) is 6.92 Å². The van der Waals surface area contributed by atoms with Gasteiger partial charge in [-0.1, -0.05) is 48.5 Å². The molecule has 5 nitrogen and oxygen atoms in total. The van der Waals surface area contributed by atoms with Crippen molar-refractivity contribution in [3.05, 3.63) is 89.9 Å². The van der Waals surface area contributed by atoms with Crippen molar-refractivity contribution in [2.45, 2.75) is 20.0 Å². The summed E-state index contributed by atoms with van der Waals surface area (Å²) in [6.45, 7) is 7.33. The zero-order valence-electron chi connectivity index (χ0n) is 17.5. The van der Waals surface area contributed by atoms with Crippen molar-refractivity contribution in [1.82, 2.24) is 9.80 Å². The van der Waals surface area contributed by atoms with Crippen LogP contribution in [0.5, 0.6) is 0 Å². The quantitative estimate of drug-likeness (QED) is 0.599. The first-order valence-electron chi connectivity index (χ1n) is 10.6. The highest BCUT2D eigenvalue weighted by Gasteiger charge is 2.23. The number of aryl methyl sites for hydroxylation is 1. The van der Waals surface area contributed by atoms with Crippen LogP contribution in [0.15, 0.2) is 77.4 Å². The third-order valence-electron chi connectivity index (χ3n) is 5.68. The SMILES string of the molecule is Cc1ccccc1N1CCN(CC(=O)N(Cc2ccccc2)Cc2ccco2)CC1. The molecule has 0 N–H and O–H groups in total. The second-order valence-corrected chi connectivity index (χ2v) is 7.86. The smallest absolute Gasteiger partial charge is 0.237 e. The number of furan rings is 1. The molecular formula is C25H29N3O2. The van der Waals surface area contributed by atoms with Crippen LogP contribution in [0.2, 0.25) is 0 Å². The van der Waals surface area contributed by atoms with Crippen molar-refractivity contribution in [3.63, 3.8) is 0 Å². The van der Waals surface area contributed by atoms with Crippen LogP contribution in [0.4, 0.5) is 5.69 Å². The summed E-state index contributed by atoms with van der Waals surface area (Å²) >= 11 is 0. The first kappa shape index (κ1) is 20.2. The predicted octanol–water partition coefficient (Wildman–Crippen LogP) is 3.94. The number of amides is 1. The molecule has 1 aliphatic rings. The monoisotopic (exact) mass is 403 g/mol. The van der Waals surface area contributed by atoms with E-state index in [0.29, 0.717) is 19.6 Å². The van der Waals surface area contributed by atoms with Crippen LogP contribution in [-0.4, -0.2) is 48.4 Å².